The van der Waals surface area contributed by atoms with Crippen LogP contribution in [0.25, 0.3) is 0 Å². The van der Waals surface area contributed by atoms with Crippen LogP contribution in [0.2, 0.25) is 0 Å². The number of benzene rings is 1. The van der Waals surface area contributed by atoms with Crippen molar-refractivity contribution in [2.75, 3.05) is 0 Å². The fourth-order valence-corrected chi connectivity index (χ4v) is 2.64. The van der Waals surface area contributed by atoms with E-state index >= 15 is 0 Å². The summed E-state index contributed by atoms with van der Waals surface area (Å²) in [6.07, 6.45) is 7.81. The summed E-state index contributed by atoms with van der Waals surface area (Å²) < 4.78 is 0. The number of rotatable bonds is 5. The van der Waals surface area contributed by atoms with Crippen molar-refractivity contribution in [2.24, 2.45) is 5.73 Å². The molecule has 1 heterocycles. The summed E-state index contributed by atoms with van der Waals surface area (Å²) in [4.78, 5) is 4.44. The maximum Gasteiger partial charge on any atom is 0.0898 e. The van der Waals surface area contributed by atoms with E-state index in [2.05, 4.69) is 35.2 Å². The average molecular weight is 270 g/mol. The molecule has 0 aliphatic rings. The molecular weight excluding hydrogens is 252 g/mol. The highest BCUT2D eigenvalue weighted by atomic mass is 32.1. The van der Waals surface area contributed by atoms with E-state index in [1.54, 1.807) is 11.3 Å². The molecule has 1 aromatic carbocycles. The van der Waals surface area contributed by atoms with Gasteiger partial charge >= 0.3 is 0 Å². The van der Waals surface area contributed by atoms with Crippen molar-refractivity contribution in [3.63, 3.8) is 0 Å². The number of nitrogens with zero attached hydrogens (tertiary/aromatic N) is 1. The Morgan fingerprint density at radius 1 is 1.32 bits per heavy atom. The third kappa shape index (κ3) is 3.92. The minimum atomic E-state index is -0.0264. The number of terminal acetylenes is 1. The highest BCUT2D eigenvalue weighted by Crippen LogP contribution is 2.18. The van der Waals surface area contributed by atoms with Gasteiger partial charge in [-0.15, -0.1) is 23.7 Å². The van der Waals surface area contributed by atoms with E-state index in [1.807, 2.05) is 12.3 Å². The molecule has 2 aromatic rings. The first kappa shape index (κ1) is 13.8. The number of hydrogen-bond donors (Lipinski definition) is 1. The molecule has 0 bridgehead atoms. The van der Waals surface area contributed by atoms with Gasteiger partial charge in [-0.1, -0.05) is 24.3 Å². The van der Waals surface area contributed by atoms with Gasteiger partial charge in [0.2, 0.25) is 0 Å². The predicted octanol–water partition coefficient (Wildman–Crippen LogP) is 3.26. The molecule has 19 heavy (non-hydrogen) atoms. The Hall–Kier alpha value is -1.63. The van der Waals surface area contributed by atoms with Crippen molar-refractivity contribution < 1.29 is 0 Å². The van der Waals surface area contributed by atoms with Crippen LogP contribution in [0.15, 0.2) is 29.6 Å². The maximum absolute atomic E-state index is 6.18. The summed E-state index contributed by atoms with van der Waals surface area (Å²) in [7, 11) is 0. The van der Waals surface area contributed by atoms with Gasteiger partial charge in [-0.05, 0) is 30.9 Å². The van der Waals surface area contributed by atoms with Gasteiger partial charge in [0, 0.05) is 11.8 Å². The van der Waals surface area contributed by atoms with E-state index in [-0.39, 0.29) is 6.04 Å². The lowest BCUT2D eigenvalue weighted by Crippen LogP contribution is -2.13. The van der Waals surface area contributed by atoms with Gasteiger partial charge in [0.1, 0.15) is 0 Å². The Balaban J connectivity index is 1.97. The second-order valence-electron chi connectivity index (χ2n) is 4.62. The third-order valence-corrected chi connectivity index (χ3v) is 3.85. The zero-order valence-electron chi connectivity index (χ0n) is 11.1. The van der Waals surface area contributed by atoms with Gasteiger partial charge in [-0.2, -0.15) is 0 Å². The first-order valence-corrected chi connectivity index (χ1v) is 7.26. The van der Waals surface area contributed by atoms with Crippen LogP contribution in [0.1, 0.15) is 34.3 Å². The number of thiazole rings is 1. The SMILES string of the molecule is C#CCCc1ccc(CC(N)c2csc(C)n2)cc1. The molecule has 0 aliphatic heterocycles. The fraction of sp³-hybridized carbons (Fsp3) is 0.312. The summed E-state index contributed by atoms with van der Waals surface area (Å²) in [6, 6.07) is 8.49. The van der Waals surface area contributed by atoms with E-state index < -0.39 is 0 Å². The fourth-order valence-electron chi connectivity index (χ4n) is 1.97. The Labute approximate surface area is 118 Å². The molecule has 2 nitrogen and oxygen atoms in total. The quantitative estimate of drug-likeness (QED) is 0.847. The van der Waals surface area contributed by atoms with Crippen molar-refractivity contribution in [3.05, 3.63) is 51.5 Å². The molecule has 2 rings (SSSR count). The van der Waals surface area contributed by atoms with Gasteiger partial charge < -0.3 is 5.73 Å². The molecule has 98 valence electrons. The smallest absolute Gasteiger partial charge is 0.0898 e. The van der Waals surface area contributed by atoms with E-state index in [0.717, 1.165) is 30.0 Å². The molecule has 1 aromatic heterocycles. The van der Waals surface area contributed by atoms with Crippen LogP contribution < -0.4 is 5.73 Å². The number of nitrogens with two attached hydrogens (primary N) is 1. The molecule has 2 N–H and O–H groups in total. The number of aryl methyl sites for hydroxylation is 2. The monoisotopic (exact) mass is 270 g/mol. The molecule has 0 saturated carbocycles. The van der Waals surface area contributed by atoms with E-state index in [1.165, 1.54) is 11.1 Å². The molecule has 0 radical (unpaired) electrons. The molecule has 0 spiro atoms. The predicted molar refractivity (Wildman–Crippen MR) is 81.1 cm³/mol. The summed E-state index contributed by atoms with van der Waals surface area (Å²) in [6.45, 7) is 2.00. The summed E-state index contributed by atoms with van der Waals surface area (Å²) in [5.41, 5.74) is 9.68. The molecule has 1 atom stereocenters. The van der Waals surface area contributed by atoms with Crippen molar-refractivity contribution in [1.29, 1.82) is 0 Å². The first-order valence-electron chi connectivity index (χ1n) is 6.38. The van der Waals surface area contributed by atoms with Gasteiger partial charge in [0.25, 0.3) is 0 Å². The largest absolute Gasteiger partial charge is 0.322 e. The molecule has 1 unspecified atom stereocenters. The standard InChI is InChI=1S/C16H18N2S/c1-3-4-5-13-6-8-14(9-7-13)10-15(17)16-11-19-12(2)18-16/h1,6-9,11,15H,4-5,10,17H2,2H3. The van der Waals surface area contributed by atoms with Crippen molar-refractivity contribution >= 4 is 11.3 Å². The van der Waals surface area contributed by atoms with Crippen molar-refractivity contribution in [1.82, 2.24) is 4.98 Å². The Bertz CT molecular complexity index is 563. The first-order chi connectivity index (χ1) is 9.19. The topological polar surface area (TPSA) is 38.9 Å². The van der Waals surface area contributed by atoms with Gasteiger partial charge in [0.15, 0.2) is 0 Å². The lowest BCUT2D eigenvalue weighted by molar-refractivity contribution is 0.700. The highest BCUT2D eigenvalue weighted by Gasteiger charge is 2.10. The second-order valence-corrected chi connectivity index (χ2v) is 5.68. The van der Waals surface area contributed by atoms with Gasteiger partial charge in [-0.3, -0.25) is 0 Å². The maximum atomic E-state index is 6.18. The molecule has 3 heteroatoms. The number of hydrogen-bond acceptors (Lipinski definition) is 3. The Morgan fingerprint density at radius 2 is 2.00 bits per heavy atom. The minimum absolute atomic E-state index is 0.0264. The molecular formula is C16H18N2S. The lowest BCUT2D eigenvalue weighted by atomic mass is 10.0. The van der Waals surface area contributed by atoms with E-state index in [9.17, 15) is 0 Å². The van der Waals surface area contributed by atoms with Crippen LogP contribution in [-0.4, -0.2) is 4.98 Å². The Kier molecular flexibility index (Phi) is 4.73. The van der Waals surface area contributed by atoms with Crippen LogP contribution in [0, 0.1) is 19.3 Å². The van der Waals surface area contributed by atoms with Crippen molar-refractivity contribution in [3.8, 4) is 12.3 Å². The summed E-state index contributed by atoms with van der Waals surface area (Å²) in [5.74, 6) is 2.66. The minimum Gasteiger partial charge on any atom is -0.322 e. The number of aromatic nitrogens is 1. The van der Waals surface area contributed by atoms with Crippen LogP contribution in [0.5, 0.6) is 0 Å². The molecule has 0 fully saturated rings. The van der Waals surface area contributed by atoms with E-state index in [4.69, 9.17) is 12.2 Å². The van der Waals surface area contributed by atoms with Gasteiger partial charge in [-0.25, -0.2) is 4.98 Å². The normalized spacial score (nSPS) is 12.1. The van der Waals surface area contributed by atoms with Crippen LogP contribution in [0.3, 0.4) is 0 Å². The lowest BCUT2D eigenvalue weighted by Gasteiger charge is -2.09. The summed E-state index contributed by atoms with van der Waals surface area (Å²) in [5, 5.41) is 3.11. The molecule has 0 saturated heterocycles. The van der Waals surface area contributed by atoms with Crippen molar-refractivity contribution in [2.45, 2.75) is 32.2 Å². The van der Waals surface area contributed by atoms with Gasteiger partial charge in [0.05, 0.1) is 16.7 Å². The van der Waals surface area contributed by atoms with E-state index in [0.29, 0.717) is 0 Å². The second kappa shape index (κ2) is 6.51. The van der Waals surface area contributed by atoms with Crippen LogP contribution >= 0.6 is 11.3 Å². The highest BCUT2D eigenvalue weighted by molar-refractivity contribution is 7.09. The van der Waals surface area contributed by atoms with Crippen LogP contribution in [0.4, 0.5) is 0 Å². The molecule has 0 aliphatic carbocycles. The van der Waals surface area contributed by atoms with Crippen LogP contribution in [-0.2, 0) is 12.8 Å². The summed E-state index contributed by atoms with van der Waals surface area (Å²) >= 11 is 1.64. The zero-order valence-corrected chi connectivity index (χ0v) is 11.9. The average Bonchev–Trinajstić information content (AvgIpc) is 2.85. The Morgan fingerprint density at radius 3 is 2.58 bits per heavy atom. The third-order valence-electron chi connectivity index (χ3n) is 3.05. The molecule has 0 amide bonds. The zero-order chi connectivity index (χ0) is 13.7.